The molecule has 2 atom stereocenters. The molecule has 0 aromatic heterocycles. The third-order valence-electron chi connectivity index (χ3n) is 2.89. The molecule has 4 nitrogen and oxygen atoms in total. The van der Waals surface area contributed by atoms with Crippen molar-refractivity contribution >= 4 is 5.97 Å². The molecule has 1 aliphatic rings. The molecular formula is C10H19NO3. The second-order valence-electron chi connectivity index (χ2n) is 3.86. The first kappa shape index (κ1) is 11.5. The maximum Gasteiger partial charge on any atom is 0.320 e. The Morgan fingerprint density at radius 2 is 2.36 bits per heavy atom. The lowest BCUT2D eigenvalue weighted by Crippen LogP contribution is -2.50. The summed E-state index contributed by atoms with van der Waals surface area (Å²) in [5, 5.41) is 8.94. The van der Waals surface area contributed by atoms with Crippen LogP contribution in [0.15, 0.2) is 0 Å². The molecule has 0 aliphatic carbocycles. The zero-order valence-electron chi connectivity index (χ0n) is 8.90. The predicted molar refractivity (Wildman–Crippen MR) is 53.3 cm³/mol. The van der Waals surface area contributed by atoms with E-state index in [2.05, 4.69) is 0 Å². The molecule has 1 aliphatic heterocycles. The summed E-state index contributed by atoms with van der Waals surface area (Å²) in [4.78, 5) is 12.9. The number of aliphatic carboxylic acids is 1. The summed E-state index contributed by atoms with van der Waals surface area (Å²) in [6.07, 6.45) is 3.32. The number of ether oxygens (including phenoxy) is 1. The highest BCUT2D eigenvalue weighted by Crippen LogP contribution is 2.19. The Morgan fingerprint density at radius 1 is 1.64 bits per heavy atom. The summed E-state index contributed by atoms with van der Waals surface area (Å²) in [5.74, 6) is -0.743. The molecule has 1 saturated heterocycles. The maximum atomic E-state index is 10.9. The summed E-state index contributed by atoms with van der Waals surface area (Å²) in [6, 6.07) is -0.115. The molecule has 14 heavy (non-hydrogen) atoms. The fraction of sp³-hybridized carbons (Fsp3) is 0.900. The summed E-state index contributed by atoms with van der Waals surface area (Å²) >= 11 is 0. The minimum atomic E-state index is -0.743. The first-order valence-electron chi connectivity index (χ1n) is 5.14. The number of hydrogen-bond acceptors (Lipinski definition) is 3. The Kier molecular flexibility index (Phi) is 4.35. The van der Waals surface area contributed by atoms with E-state index < -0.39 is 12.0 Å². The maximum absolute atomic E-state index is 10.9. The highest BCUT2D eigenvalue weighted by molar-refractivity contribution is 5.72. The van der Waals surface area contributed by atoms with Gasteiger partial charge in [-0.3, -0.25) is 9.69 Å². The van der Waals surface area contributed by atoms with Gasteiger partial charge in [0, 0.05) is 13.2 Å². The Bertz CT molecular complexity index is 194. The number of methoxy groups -OCH3 is 1. The van der Waals surface area contributed by atoms with Crippen LogP contribution >= 0.6 is 0 Å². The van der Waals surface area contributed by atoms with Crippen molar-refractivity contribution in [1.82, 2.24) is 4.90 Å². The minimum absolute atomic E-state index is 0.278. The number of rotatable bonds is 4. The zero-order chi connectivity index (χ0) is 10.6. The van der Waals surface area contributed by atoms with Crippen LogP contribution in [0.2, 0.25) is 0 Å². The van der Waals surface area contributed by atoms with Crippen molar-refractivity contribution < 1.29 is 14.6 Å². The third-order valence-corrected chi connectivity index (χ3v) is 2.89. The number of piperidine rings is 1. The van der Waals surface area contributed by atoms with E-state index in [1.54, 1.807) is 14.0 Å². The Balaban J connectivity index is 2.57. The SMILES string of the molecule is COC[C@H]1CCCCN1[C@H](C)C(=O)O. The molecule has 4 heteroatoms. The largest absolute Gasteiger partial charge is 0.480 e. The van der Waals surface area contributed by atoms with Gasteiger partial charge >= 0.3 is 5.97 Å². The summed E-state index contributed by atoms with van der Waals surface area (Å²) < 4.78 is 5.11. The van der Waals surface area contributed by atoms with E-state index in [1.807, 2.05) is 4.90 Å². The summed E-state index contributed by atoms with van der Waals surface area (Å²) in [5.41, 5.74) is 0. The molecule has 1 rings (SSSR count). The van der Waals surface area contributed by atoms with Crippen LogP contribution in [0.5, 0.6) is 0 Å². The van der Waals surface area contributed by atoms with Gasteiger partial charge in [0.1, 0.15) is 6.04 Å². The minimum Gasteiger partial charge on any atom is -0.480 e. The van der Waals surface area contributed by atoms with E-state index in [4.69, 9.17) is 9.84 Å². The van der Waals surface area contributed by atoms with Crippen molar-refractivity contribution in [1.29, 1.82) is 0 Å². The molecule has 0 saturated carbocycles. The van der Waals surface area contributed by atoms with Crippen molar-refractivity contribution in [3.05, 3.63) is 0 Å². The molecule has 1 N–H and O–H groups in total. The highest BCUT2D eigenvalue weighted by Gasteiger charge is 2.29. The van der Waals surface area contributed by atoms with Crippen molar-refractivity contribution in [3.8, 4) is 0 Å². The van der Waals surface area contributed by atoms with Crippen LogP contribution in [0.4, 0.5) is 0 Å². The average molecular weight is 201 g/mol. The second kappa shape index (κ2) is 5.32. The van der Waals surface area contributed by atoms with E-state index in [0.717, 1.165) is 19.4 Å². The lowest BCUT2D eigenvalue weighted by molar-refractivity contribution is -0.144. The van der Waals surface area contributed by atoms with E-state index in [0.29, 0.717) is 6.61 Å². The molecular weight excluding hydrogens is 182 g/mol. The molecule has 0 spiro atoms. The van der Waals surface area contributed by atoms with Gasteiger partial charge in [0.15, 0.2) is 0 Å². The van der Waals surface area contributed by atoms with E-state index in [-0.39, 0.29) is 6.04 Å². The standard InChI is InChI=1S/C10H19NO3/c1-8(10(12)13)11-6-4-3-5-9(11)7-14-2/h8-9H,3-7H2,1-2H3,(H,12,13)/t8-,9-/m1/s1. The quantitative estimate of drug-likeness (QED) is 0.736. The van der Waals surface area contributed by atoms with Crippen molar-refractivity contribution in [2.75, 3.05) is 20.3 Å². The van der Waals surface area contributed by atoms with Gasteiger partial charge in [-0.2, -0.15) is 0 Å². The number of nitrogens with zero attached hydrogens (tertiary/aromatic N) is 1. The van der Waals surface area contributed by atoms with Crippen molar-refractivity contribution in [2.45, 2.75) is 38.3 Å². The average Bonchev–Trinajstić information content (AvgIpc) is 2.18. The summed E-state index contributed by atoms with van der Waals surface area (Å²) in [7, 11) is 1.66. The monoisotopic (exact) mass is 201 g/mol. The number of hydrogen-bond donors (Lipinski definition) is 1. The van der Waals surface area contributed by atoms with Crippen LogP contribution < -0.4 is 0 Å². The van der Waals surface area contributed by atoms with Gasteiger partial charge in [0.05, 0.1) is 6.61 Å². The normalized spacial score (nSPS) is 26.0. The molecule has 1 heterocycles. The van der Waals surface area contributed by atoms with Gasteiger partial charge in [0.2, 0.25) is 0 Å². The van der Waals surface area contributed by atoms with Crippen molar-refractivity contribution in [3.63, 3.8) is 0 Å². The molecule has 0 bridgehead atoms. The van der Waals surface area contributed by atoms with Crippen LogP contribution in [0.3, 0.4) is 0 Å². The van der Waals surface area contributed by atoms with Crippen LogP contribution in [0, 0.1) is 0 Å². The van der Waals surface area contributed by atoms with Gasteiger partial charge in [-0.15, -0.1) is 0 Å². The Morgan fingerprint density at radius 3 is 2.93 bits per heavy atom. The third kappa shape index (κ3) is 2.69. The Labute approximate surface area is 84.8 Å². The molecule has 0 aromatic rings. The van der Waals surface area contributed by atoms with Gasteiger partial charge < -0.3 is 9.84 Å². The van der Waals surface area contributed by atoms with E-state index in [1.165, 1.54) is 6.42 Å². The van der Waals surface area contributed by atoms with Gasteiger partial charge in [-0.05, 0) is 26.3 Å². The number of carboxylic acid groups (broad SMARTS) is 1. The fourth-order valence-corrected chi connectivity index (χ4v) is 2.05. The fourth-order valence-electron chi connectivity index (χ4n) is 2.05. The predicted octanol–water partition coefficient (Wildman–Crippen LogP) is 0.960. The molecule has 0 aromatic carbocycles. The zero-order valence-corrected chi connectivity index (χ0v) is 8.90. The van der Waals surface area contributed by atoms with E-state index in [9.17, 15) is 4.79 Å². The number of carbonyl (C=O) groups is 1. The van der Waals surface area contributed by atoms with Gasteiger partial charge in [0.25, 0.3) is 0 Å². The molecule has 0 radical (unpaired) electrons. The van der Waals surface area contributed by atoms with Crippen LogP contribution in [-0.2, 0) is 9.53 Å². The van der Waals surface area contributed by atoms with Gasteiger partial charge in [-0.1, -0.05) is 6.42 Å². The van der Waals surface area contributed by atoms with E-state index >= 15 is 0 Å². The number of likely N-dealkylation sites (tertiary alicyclic amines) is 1. The number of carboxylic acids is 1. The molecule has 82 valence electrons. The first-order chi connectivity index (χ1) is 6.66. The lowest BCUT2D eigenvalue weighted by Gasteiger charge is -2.37. The van der Waals surface area contributed by atoms with Crippen LogP contribution in [0.25, 0.3) is 0 Å². The first-order valence-corrected chi connectivity index (χ1v) is 5.14. The molecule has 0 unspecified atom stereocenters. The second-order valence-corrected chi connectivity index (χ2v) is 3.86. The highest BCUT2D eigenvalue weighted by atomic mass is 16.5. The topological polar surface area (TPSA) is 49.8 Å². The lowest BCUT2D eigenvalue weighted by atomic mass is 10.0. The molecule has 1 fully saturated rings. The van der Waals surface area contributed by atoms with Crippen LogP contribution in [0.1, 0.15) is 26.2 Å². The molecule has 0 amide bonds. The summed E-state index contributed by atoms with van der Waals surface area (Å²) in [6.45, 7) is 3.26. The van der Waals surface area contributed by atoms with Crippen molar-refractivity contribution in [2.24, 2.45) is 0 Å². The Hall–Kier alpha value is -0.610. The smallest absolute Gasteiger partial charge is 0.320 e. The van der Waals surface area contributed by atoms with Gasteiger partial charge in [-0.25, -0.2) is 0 Å². The van der Waals surface area contributed by atoms with Crippen LogP contribution in [-0.4, -0.2) is 48.3 Å².